The molecule has 2 heterocycles. The molecule has 0 bridgehead atoms. The molecule has 0 atom stereocenters. The zero-order valence-electron chi connectivity index (χ0n) is 25.0. The molecule has 2 aliphatic heterocycles. The molecule has 6 rings (SSSR count). The minimum Gasteiger partial charge on any atom is -0.393 e. The van der Waals surface area contributed by atoms with E-state index < -0.39 is 46.6 Å². The Morgan fingerprint density at radius 1 is 0.476 bits per heavy atom. The molecule has 4 saturated carbocycles. The Morgan fingerprint density at radius 2 is 0.690 bits per heavy atom. The molecule has 0 aromatic rings. The Kier molecular flexibility index (Phi) is 8.63. The summed E-state index contributed by atoms with van der Waals surface area (Å²) in [4.78, 5) is 13.7. The number of nitrogens with zero attached hydrogens (tertiary/aromatic N) is 2. The summed E-state index contributed by atoms with van der Waals surface area (Å²) >= 11 is 0. The van der Waals surface area contributed by atoms with Crippen molar-refractivity contribution < 1.29 is 35.6 Å². The molecule has 2 saturated heterocycles. The van der Waals surface area contributed by atoms with Gasteiger partial charge in [0.05, 0.1) is 46.6 Å². The van der Waals surface area contributed by atoms with Gasteiger partial charge in [-0.2, -0.15) is 0 Å². The third kappa shape index (κ3) is 5.73. The van der Waals surface area contributed by atoms with E-state index >= 15 is 0 Å². The molecule has 2 amide bonds. The molecule has 0 aromatic heterocycles. The second-order valence-electron chi connectivity index (χ2n) is 15.2. The summed E-state index contributed by atoms with van der Waals surface area (Å²) in [5, 5.41) is 78.0. The average Bonchev–Trinajstić information content (AvgIpc) is 2.96. The minimum atomic E-state index is -0.619. The maximum absolute atomic E-state index is 14.0. The van der Waals surface area contributed by atoms with Gasteiger partial charge in [0.25, 0.3) is 0 Å². The normalized spacial score (nSPS) is 49.0. The van der Waals surface area contributed by atoms with E-state index in [1.807, 2.05) is 0 Å². The first-order valence-corrected chi connectivity index (χ1v) is 16.7. The topological polar surface area (TPSA) is 168 Å². The number of aliphatic hydroxyl groups excluding tert-OH is 4. The van der Waals surface area contributed by atoms with Gasteiger partial charge in [-0.3, -0.25) is 0 Å². The highest BCUT2D eigenvalue weighted by Crippen LogP contribution is 2.52. The lowest BCUT2D eigenvalue weighted by atomic mass is 9.64. The molecular weight excluding hydrogens is 540 g/mol. The van der Waals surface area contributed by atoms with E-state index in [1.54, 1.807) is 0 Å². The number of hydrogen-bond donors (Lipinski definition) is 6. The zero-order valence-corrected chi connectivity index (χ0v) is 25.0. The van der Waals surface area contributed by atoms with Crippen LogP contribution in [0, 0.1) is 0 Å². The highest BCUT2D eigenvalue weighted by Gasteiger charge is 2.59. The Balaban J connectivity index is 1.18. The van der Waals surface area contributed by atoms with E-state index in [1.165, 1.54) is 10.1 Å². The van der Waals surface area contributed by atoms with Crippen LogP contribution >= 0.6 is 0 Å². The number of carbonyl (C=O) groups is 1. The highest BCUT2D eigenvalue weighted by atomic mass is 16.5. The van der Waals surface area contributed by atoms with Crippen LogP contribution in [0.15, 0.2) is 0 Å². The van der Waals surface area contributed by atoms with Gasteiger partial charge in [0, 0.05) is 12.1 Å². The summed E-state index contributed by atoms with van der Waals surface area (Å²) < 4.78 is 0. The fourth-order valence-corrected chi connectivity index (χ4v) is 10.1. The average molecular weight is 593 g/mol. The molecule has 0 unspecified atom stereocenters. The van der Waals surface area contributed by atoms with Crippen LogP contribution in [-0.4, -0.2) is 95.2 Å². The van der Waals surface area contributed by atoms with E-state index in [-0.39, 0.29) is 18.1 Å². The number of nitrogens with one attached hydrogen (secondary N) is 2. The van der Waals surface area contributed by atoms with Crippen LogP contribution in [0.25, 0.3) is 0 Å². The van der Waals surface area contributed by atoms with Crippen LogP contribution in [0.3, 0.4) is 0 Å². The highest BCUT2D eigenvalue weighted by molar-refractivity contribution is 5.74. The molecule has 4 spiro atoms. The Morgan fingerprint density at radius 3 is 0.905 bits per heavy atom. The Bertz CT molecular complexity index is 813. The predicted octanol–water partition coefficient (Wildman–Crippen LogP) is 2.60. The standard InChI is InChI=1S/C31H52N4O7/c36-23-1-9-28(10-2-23)17-21(18-29(34(28)41)11-3-24(37)4-12-29)32-27(40)33-22-19-30(13-5-25(38)6-14-30)35(42)31(20-22)15-7-26(39)8-16-31/h21-26,36-39H,1-20H2,(H2,32,33,40). The lowest BCUT2D eigenvalue weighted by Crippen LogP contribution is -2.70. The number of aliphatic hydroxyl groups is 4. The fraction of sp³-hybridized carbons (Fsp3) is 0.968. The van der Waals surface area contributed by atoms with Crippen LogP contribution in [-0.2, 0) is 10.4 Å². The third-order valence-electron chi connectivity index (χ3n) is 12.4. The monoisotopic (exact) mass is 592 g/mol. The quantitative estimate of drug-likeness (QED) is 0.286. The summed E-state index contributed by atoms with van der Waals surface area (Å²) in [5.74, 6) is 0. The van der Waals surface area contributed by atoms with E-state index in [9.17, 15) is 35.6 Å². The first kappa shape index (κ1) is 31.0. The van der Waals surface area contributed by atoms with Gasteiger partial charge in [0.2, 0.25) is 0 Å². The largest absolute Gasteiger partial charge is 0.393 e. The molecule has 6 fully saturated rings. The summed E-state index contributed by atoms with van der Waals surface area (Å²) in [6.45, 7) is 0. The van der Waals surface area contributed by atoms with Gasteiger partial charge >= 0.3 is 6.03 Å². The van der Waals surface area contributed by atoms with Crippen LogP contribution in [0.4, 0.5) is 4.79 Å². The van der Waals surface area contributed by atoms with Crippen molar-refractivity contribution in [1.82, 2.24) is 20.8 Å². The SMILES string of the molecule is [O]N1C2(CCC(O)CC2)CC(NC(=O)NC2CC3(CCC(O)CC3)N([O])C3(CCC(O)CC3)C2)CC12CCC(O)CC2. The second kappa shape index (κ2) is 11.7. The molecule has 2 radical (unpaired) electrons. The van der Waals surface area contributed by atoms with E-state index in [4.69, 9.17) is 0 Å². The number of amides is 2. The molecule has 4 aliphatic carbocycles. The number of urea groups is 1. The van der Waals surface area contributed by atoms with Gasteiger partial charge in [-0.25, -0.2) is 4.79 Å². The maximum atomic E-state index is 14.0. The summed E-state index contributed by atoms with van der Waals surface area (Å²) in [7, 11) is 0. The summed E-state index contributed by atoms with van der Waals surface area (Å²) in [5.41, 5.74) is -2.48. The van der Waals surface area contributed by atoms with Crippen molar-refractivity contribution in [3.05, 3.63) is 0 Å². The third-order valence-corrected chi connectivity index (χ3v) is 12.4. The molecule has 0 aromatic carbocycles. The van der Waals surface area contributed by atoms with Gasteiger partial charge in [0.1, 0.15) is 0 Å². The van der Waals surface area contributed by atoms with Gasteiger partial charge in [-0.15, -0.1) is 20.5 Å². The number of hydrogen-bond acceptors (Lipinski definition) is 7. The minimum absolute atomic E-state index is 0.196. The van der Waals surface area contributed by atoms with Crippen molar-refractivity contribution in [1.29, 1.82) is 0 Å². The van der Waals surface area contributed by atoms with E-state index in [0.717, 1.165) is 0 Å². The predicted molar refractivity (Wildman–Crippen MR) is 152 cm³/mol. The van der Waals surface area contributed by atoms with Crippen LogP contribution in [0.2, 0.25) is 0 Å². The number of hydroxylamine groups is 4. The van der Waals surface area contributed by atoms with Gasteiger partial charge in [-0.1, -0.05) is 0 Å². The molecule has 42 heavy (non-hydrogen) atoms. The van der Waals surface area contributed by atoms with Crippen LogP contribution in [0.5, 0.6) is 0 Å². The van der Waals surface area contributed by atoms with Crippen LogP contribution in [0.1, 0.15) is 128 Å². The summed E-state index contributed by atoms with van der Waals surface area (Å²) in [6, 6.07) is -0.659. The van der Waals surface area contributed by atoms with Crippen molar-refractivity contribution in [2.24, 2.45) is 0 Å². The zero-order chi connectivity index (χ0) is 29.8. The number of carbonyl (C=O) groups excluding carboxylic acids is 1. The fourth-order valence-electron chi connectivity index (χ4n) is 10.1. The Labute approximate surface area is 249 Å². The number of piperidine rings is 2. The van der Waals surface area contributed by atoms with Crippen molar-refractivity contribution in [2.45, 2.75) is 187 Å². The second-order valence-corrected chi connectivity index (χ2v) is 15.2. The molecular formula is C31H52N4O7. The van der Waals surface area contributed by atoms with Crippen molar-refractivity contribution in [2.75, 3.05) is 0 Å². The van der Waals surface area contributed by atoms with Crippen molar-refractivity contribution in [3.8, 4) is 0 Å². The molecule has 6 aliphatic rings. The van der Waals surface area contributed by atoms with Crippen LogP contribution < -0.4 is 10.6 Å². The van der Waals surface area contributed by atoms with Gasteiger partial charge < -0.3 is 31.1 Å². The molecule has 238 valence electrons. The van der Waals surface area contributed by atoms with E-state index in [2.05, 4.69) is 10.6 Å². The molecule has 6 N–H and O–H groups in total. The molecule has 11 heteroatoms. The molecule has 11 nitrogen and oxygen atoms in total. The van der Waals surface area contributed by atoms with E-state index in [0.29, 0.717) is 128 Å². The van der Waals surface area contributed by atoms with Crippen molar-refractivity contribution in [3.63, 3.8) is 0 Å². The maximum Gasteiger partial charge on any atom is 0.315 e. The first-order chi connectivity index (χ1) is 20.0. The lowest BCUT2D eigenvalue weighted by molar-refractivity contribution is -0.324. The first-order valence-electron chi connectivity index (χ1n) is 16.7. The van der Waals surface area contributed by atoms with Gasteiger partial charge in [-0.05, 0) is 128 Å². The lowest BCUT2D eigenvalue weighted by Gasteiger charge is -2.59. The van der Waals surface area contributed by atoms with Crippen molar-refractivity contribution >= 4 is 6.03 Å². The smallest absolute Gasteiger partial charge is 0.315 e. The summed E-state index contributed by atoms with van der Waals surface area (Å²) in [6.07, 6.45) is 10.1. The van der Waals surface area contributed by atoms with Gasteiger partial charge in [0.15, 0.2) is 0 Å². The Hall–Kier alpha value is -1.05. The number of rotatable bonds is 2.